The maximum atomic E-state index is 12.4. The van der Waals surface area contributed by atoms with Gasteiger partial charge in [0.1, 0.15) is 54.9 Å². The van der Waals surface area contributed by atoms with Gasteiger partial charge >= 0.3 is 0 Å². The van der Waals surface area contributed by atoms with Gasteiger partial charge in [0.25, 0.3) is 31.3 Å². The fourth-order valence-corrected chi connectivity index (χ4v) is 9.60. The first-order valence-electron chi connectivity index (χ1n) is 19.3. The molecule has 3 heterocycles. The first kappa shape index (κ1) is 54.2. The minimum Gasteiger partial charge on any atom is -0.756 e. The van der Waals surface area contributed by atoms with Gasteiger partial charge in [-0.3, -0.25) is 18.3 Å². The van der Waals surface area contributed by atoms with Crippen LogP contribution in [-0.2, 0) is 81.9 Å². The minimum absolute atomic E-state index is 0.0440. The Labute approximate surface area is 362 Å². The van der Waals surface area contributed by atoms with Gasteiger partial charge in [-0.25, -0.2) is 0 Å². The van der Waals surface area contributed by atoms with Gasteiger partial charge in [-0.15, -0.1) is 0 Å². The smallest absolute Gasteiger partial charge is 0.268 e. The molecule has 3 aliphatic heterocycles. The average Bonchev–Trinajstić information content (AvgIpc) is 3.84. The van der Waals surface area contributed by atoms with Gasteiger partial charge < -0.3 is 95.5 Å². The van der Waals surface area contributed by atoms with Crippen molar-refractivity contribution < 1.29 is 114 Å². The van der Waals surface area contributed by atoms with Crippen LogP contribution in [0.2, 0.25) is 0 Å². The van der Waals surface area contributed by atoms with Gasteiger partial charge in [0.05, 0.1) is 65.1 Å². The van der Waals surface area contributed by atoms with E-state index in [4.69, 9.17) is 37.4 Å². The van der Waals surface area contributed by atoms with E-state index in [1.807, 2.05) is 24.3 Å². The van der Waals surface area contributed by atoms with E-state index in [-0.39, 0.29) is 33.0 Å². The van der Waals surface area contributed by atoms with Crippen molar-refractivity contribution in [2.24, 2.45) is 0 Å². The number of rotatable bonds is 22. The standard InChI is InChI=1S/C22H30O11P2.C13H26O13P2/c1-15(2)32-34(25,26)31-14-21-22(20(24)13-29-21)33-35(27,28)30-12-17-5-9-19(10-6-17)18-7-3-16(11-23)4-8-18;1-7(2)25-27(17,18)24-6-11-13(9(15)4-22-11)26-28(19,20)23-5-10-12(16)8(14)3-21-10/h3-10,15,20-24H,11-14H2,1-2H3,(H,25,26)(H,27,28);7-16H,3-6H2,1-2H3,(H,17,18)(H,19,20)/p-4/t20-,21+,22-;8-,9-,10+,11+,12-,13-/m00/s1. The predicted molar refractivity (Wildman–Crippen MR) is 206 cm³/mol. The van der Waals surface area contributed by atoms with Crippen molar-refractivity contribution in [1.82, 2.24) is 0 Å². The predicted octanol–water partition coefficient (Wildman–Crippen LogP) is -0.467. The molecule has 360 valence electrons. The molecule has 3 fully saturated rings. The van der Waals surface area contributed by atoms with Crippen molar-refractivity contribution in [3.8, 4) is 11.1 Å². The topological polar surface area (TPSA) is 363 Å². The highest BCUT2D eigenvalue weighted by molar-refractivity contribution is 7.46. The Morgan fingerprint density at radius 1 is 0.556 bits per heavy atom. The largest absolute Gasteiger partial charge is 0.756 e. The van der Waals surface area contributed by atoms with Crippen LogP contribution in [0.15, 0.2) is 48.5 Å². The normalized spacial score (nSPS) is 30.0. The van der Waals surface area contributed by atoms with Crippen LogP contribution in [0.3, 0.4) is 0 Å². The molecule has 0 aliphatic carbocycles. The van der Waals surface area contributed by atoms with Crippen LogP contribution in [0.5, 0.6) is 0 Å². The number of ether oxygens (including phenoxy) is 3. The van der Waals surface area contributed by atoms with E-state index in [1.165, 1.54) is 27.7 Å². The second-order valence-corrected chi connectivity index (χ2v) is 20.2. The molecule has 5 rings (SSSR count). The summed E-state index contributed by atoms with van der Waals surface area (Å²) in [6, 6.07) is 14.3. The summed E-state index contributed by atoms with van der Waals surface area (Å²) in [6.07, 6.45) is -12.9. The van der Waals surface area contributed by atoms with Gasteiger partial charge in [-0.1, -0.05) is 48.5 Å². The SMILES string of the molecule is CC(C)OP(=O)([O-])OC[C@H]1OC[C@H](O)[C@@H]1OP(=O)([O-])OC[C@H]1OC[C@H](O)[C@@H]1O.CC(C)OP(=O)([O-])OC[C@H]1OC[C@H](O)[C@@H]1OP(=O)([O-])OCc1ccc(-c2ccc(CO)cc2)cc1. The van der Waals surface area contributed by atoms with E-state index in [2.05, 4.69) is 18.1 Å². The summed E-state index contributed by atoms with van der Waals surface area (Å²) in [5, 5.41) is 48.0. The van der Waals surface area contributed by atoms with Crippen molar-refractivity contribution >= 4 is 31.3 Å². The number of phosphoric acid groups is 4. The van der Waals surface area contributed by atoms with E-state index >= 15 is 0 Å². The zero-order chi connectivity index (χ0) is 46.8. The van der Waals surface area contributed by atoms with E-state index in [0.717, 1.165) is 16.7 Å². The number of hydrogen-bond donors (Lipinski definition) is 5. The Bertz CT molecular complexity index is 1900. The van der Waals surface area contributed by atoms with Crippen molar-refractivity contribution in [2.45, 2.75) is 108 Å². The van der Waals surface area contributed by atoms with E-state index in [9.17, 15) is 58.3 Å². The van der Waals surface area contributed by atoms with Crippen LogP contribution in [0.1, 0.15) is 38.8 Å². The van der Waals surface area contributed by atoms with Crippen LogP contribution in [0.4, 0.5) is 0 Å². The fourth-order valence-electron chi connectivity index (χ4n) is 5.88. The molecule has 0 saturated carbocycles. The fraction of sp³-hybridized carbons (Fsp3) is 0.657. The first-order chi connectivity index (χ1) is 29.4. The van der Waals surface area contributed by atoms with Crippen molar-refractivity contribution in [2.75, 3.05) is 39.6 Å². The van der Waals surface area contributed by atoms with Crippen LogP contribution in [-0.4, -0.2) is 132 Å². The number of benzene rings is 2. The van der Waals surface area contributed by atoms with Gasteiger partial charge in [0, 0.05) is 0 Å². The van der Waals surface area contributed by atoms with Gasteiger partial charge in [0.2, 0.25) is 0 Å². The minimum atomic E-state index is -5.00. The number of aliphatic hydroxyl groups is 5. The molecule has 3 saturated heterocycles. The molecular formula is C35H52O24P4-4. The lowest BCUT2D eigenvalue weighted by molar-refractivity contribution is -0.239. The lowest BCUT2D eigenvalue weighted by Crippen LogP contribution is -2.38. The molecule has 2 aromatic rings. The number of hydrogen-bond acceptors (Lipinski definition) is 24. The summed E-state index contributed by atoms with van der Waals surface area (Å²) in [6.45, 7) is 2.97. The Morgan fingerprint density at radius 3 is 1.32 bits per heavy atom. The molecule has 24 nitrogen and oxygen atoms in total. The molecule has 13 atom stereocenters. The highest BCUT2D eigenvalue weighted by atomic mass is 31.2. The number of aliphatic hydroxyl groups excluding tert-OH is 5. The molecule has 0 radical (unpaired) electrons. The quantitative estimate of drug-likeness (QED) is 0.0931. The van der Waals surface area contributed by atoms with Gasteiger partial charge in [-0.2, -0.15) is 0 Å². The summed E-state index contributed by atoms with van der Waals surface area (Å²) in [5.74, 6) is 0. The van der Waals surface area contributed by atoms with Gasteiger partial charge in [0.15, 0.2) is 0 Å². The Kier molecular flexibility index (Phi) is 20.7. The molecule has 0 spiro atoms. The lowest BCUT2D eigenvalue weighted by atomic mass is 10.0. The second kappa shape index (κ2) is 24.0. The highest BCUT2D eigenvalue weighted by Gasteiger charge is 2.42. The molecule has 2 aromatic carbocycles. The summed E-state index contributed by atoms with van der Waals surface area (Å²) in [4.78, 5) is 47.7. The molecule has 3 aliphatic rings. The van der Waals surface area contributed by atoms with E-state index < -0.39 is 118 Å². The van der Waals surface area contributed by atoms with Crippen LogP contribution in [0.25, 0.3) is 11.1 Å². The van der Waals surface area contributed by atoms with Crippen LogP contribution >= 0.6 is 31.3 Å². The zero-order valence-corrected chi connectivity index (χ0v) is 38.0. The van der Waals surface area contributed by atoms with E-state index in [1.54, 1.807) is 24.3 Å². The Morgan fingerprint density at radius 2 is 0.921 bits per heavy atom. The average molecular weight is 981 g/mol. The number of phosphoric ester groups is 4. The summed E-state index contributed by atoms with van der Waals surface area (Å²) < 4.78 is 101. The maximum absolute atomic E-state index is 12.4. The zero-order valence-electron chi connectivity index (χ0n) is 34.4. The highest BCUT2D eigenvalue weighted by Crippen LogP contribution is 2.47. The molecule has 28 heteroatoms. The third-order valence-corrected chi connectivity index (χ3v) is 13.1. The monoisotopic (exact) mass is 980 g/mol. The van der Waals surface area contributed by atoms with Crippen molar-refractivity contribution in [1.29, 1.82) is 0 Å². The van der Waals surface area contributed by atoms with Crippen LogP contribution in [0, 0.1) is 0 Å². The molecule has 5 N–H and O–H groups in total. The third-order valence-electron chi connectivity index (χ3n) is 8.89. The van der Waals surface area contributed by atoms with E-state index in [0.29, 0.717) is 5.56 Å². The molecule has 0 aromatic heterocycles. The summed E-state index contributed by atoms with van der Waals surface area (Å²) >= 11 is 0. The first-order valence-corrected chi connectivity index (χ1v) is 25.1. The second-order valence-electron chi connectivity index (χ2n) is 14.8. The molecule has 4 unspecified atom stereocenters. The third kappa shape index (κ3) is 18.0. The molecular weight excluding hydrogens is 928 g/mol. The Hall–Kier alpha value is -1.44. The molecule has 63 heavy (non-hydrogen) atoms. The summed E-state index contributed by atoms with van der Waals surface area (Å²) in [7, 11) is -19.2. The maximum Gasteiger partial charge on any atom is 0.268 e. The molecule has 0 bridgehead atoms. The van der Waals surface area contributed by atoms with Crippen molar-refractivity contribution in [3.63, 3.8) is 0 Å². The van der Waals surface area contributed by atoms with Gasteiger partial charge in [-0.05, 0) is 49.9 Å². The Balaban J connectivity index is 0.000000284. The summed E-state index contributed by atoms with van der Waals surface area (Å²) in [5.41, 5.74) is 3.17. The molecule has 0 amide bonds. The van der Waals surface area contributed by atoms with Crippen LogP contribution < -0.4 is 19.6 Å². The lowest BCUT2D eigenvalue weighted by Gasteiger charge is -2.31. The van der Waals surface area contributed by atoms with Crippen molar-refractivity contribution in [3.05, 3.63) is 59.7 Å².